The Hall–Kier alpha value is -2.63. The minimum atomic E-state index is -4.43. The molecule has 0 aliphatic heterocycles. The molecule has 3 N–H and O–H groups in total. The highest BCUT2D eigenvalue weighted by Gasteiger charge is 2.27. The van der Waals surface area contributed by atoms with Gasteiger partial charge in [-0.05, 0) is 38.5 Å². The van der Waals surface area contributed by atoms with Gasteiger partial charge in [-0.1, -0.05) is 189 Å². The van der Waals surface area contributed by atoms with E-state index in [4.69, 9.17) is 18.5 Å². The Labute approximate surface area is 377 Å². The molecule has 0 saturated heterocycles. The number of aliphatic hydroxyl groups is 2. The van der Waals surface area contributed by atoms with Crippen molar-refractivity contribution in [1.29, 1.82) is 0 Å². The quantitative estimate of drug-likeness (QED) is 0.0135. The van der Waals surface area contributed by atoms with Crippen LogP contribution in [0.4, 0.5) is 0 Å². The van der Waals surface area contributed by atoms with Crippen LogP contribution in [0.1, 0.15) is 168 Å². The number of unbranched alkanes of at least 4 members (excludes halogenated alkanes) is 17. The van der Waals surface area contributed by atoms with Gasteiger partial charge in [-0.15, -0.1) is 0 Å². The molecule has 11 nitrogen and oxygen atoms in total. The number of rotatable bonds is 42. The fraction of sp³-hybridized carbons (Fsp3) is 0.720. The van der Waals surface area contributed by atoms with Gasteiger partial charge < -0.3 is 29.1 Å². The summed E-state index contributed by atoms with van der Waals surface area (Å²) in [4.78, 5) is 35.5. The van der Waals surface area contributed by atoms with E-state index in [2.05, 4.69) is 13.8 Å². The van der Waals surface area contributed by atoms with E-state index in [1.54, 1.807) is 30.4 Å². The van der Waals surface area contributed by atoms with Gasteiger partial charge in [-0.25, -0.2) is 4.57 Å². The summed E-state index contributed by atoms with van der Waals surface area (Å²) in [5, 5.41) is 20.0. The van der Waals surface area contributed by atoms with E-state index in [1.807, 2.05) is 63.7 Å². The molecule has 0 aromatic heterocycles. The molecule has 62 heavy (non-hydrogen) atoms. The highest BCUT2D eigenvalue weighted by Crippen LogP contribution is 2.43. The van der Waals surface area contributed by atoms with Crippen LogP contribution in [0.3, 0.4) is 0 Å². The normalized spacial score (nSPS) is 15.2. The third-order valence-electron chi connectivity index (χ3n) is 9.93. The maximum atomic E-state index is 12.7. The highest BCUT2D eigenvalue weighted by molar-refractivity contribution is 7.47. The zero-order valence-corrected chi connectivity index (χ0v) is 40.4. The van der Waals surface area contributed by atoms with Crippen molar-refractivity contribution in [2.24, 2.45) is 0 Å². The Morgan fingerprint density at radius 1 is 0.613 bits per heavy atom. The predicted octanol–water partition coefficient (Wildman–Crippen LogP) is 11.7. The monoisotopic (exact) mass is 895 g/mol. The van der Waals surface area contributed by atoms with E-state index in [9.17, 15) is 29.3 Å². The van der Waals surface area contributed by atoms with Gasteiger partial charge in [-0.3, -0.25) is 18.6 Å². The number of quaternary nitrogens is 1. The van der Waals surface area contributed by atoms with Crippen LogP contribution < -0.4 is 0 Å². The minimum absolute atomic E-state index is 0.00348. The molecule has 0 aliphatic carbocycles. The van der Waals surface area contributed by atoms with Crippen LogP contribution in [-0.4, -0.2) is 97.3 Å². The van der Waals surface area contributed by atoms with Crippen molar-refractivity contribution in [3.05, 3.63) is 72.9 Å². The van der Waals surface area contributed by atoms with E-state index in [1.165, 1.54) is 83.5 Å². The summed E-state index contributed by atoms with van der Waals surface area (Å²) < 4.78 is 34.2. The van der Waals surface area contributed by atoms with Crippen LogP contribution in [0.2, 0.25) is 0 Å². The van der Waals surface area contributed by atoms with Crippen molar-refractivity contribution in [1.82, 2.24) is 0 Å². The molecule has 1 unspecified atom stereocenters. The molecule has 0 rings (SSSR count). The number of allylic oxidation sites excluding steroid dienone is 8. The molecule has 0 amide bonds. The Bertz CT molecular complexity index is 1320. The largest absolute Gasteiger partial charge is 0.472 e. The third-order valence-corrected chi connectivity index (χ3v) is 10.9. The lowest BCUT2D eigenvalue weighted by Crippen LogP contribution is -2.37. The van der Waals surface area contributed by atoms with Crippen LogP contribution in [0.5, 0.6) is 0 Å². The lowest BCUT2D eigenvalue weighted by Gasteiger charge is -2.24. The predicted molar refractivity (Wildman–Crippen MR) is 254 cm³/mol. The first-order valence-corrected chi connectivity index (χ1v) is 25.4. The van der Waals surface area contributed by atoms with Gasteiger partial charge >= 0.3 is 19.8 Å². The van der Waals surface area contributed by atoms with Crippen molar-refractivity contribution < 1.29 is 52.3 Å². The summed E-state index contributed by atoms with van der Waals surface area (Å²) in [7, 11) is 1.36. The van der Waals surface area contributed by atoms with Crippen LogP contribution in [-0.2, 0) is 32.7 Å². The summed E-state index contributed by atoms with van der Waals surface area (Å²) in [5.41, 5.74) is 0. The molecular formula is C50H89NO10P+. The number of phosphoric acid groups is 1. The van der Waals surface area contributed by atoms with Gasteiger partial charge in [0.2, 0.25) is 0 Å². The zero-order valence-electron chi connectivity index (χ0n) is 39.6. The lowest BCUT2D eigenvalue weighted by atomic mass is 10.0. The molecule has 12 heteroatoms. The standard InChI is InChI=1S/C50H88NO10P/c1-6-8-10-11-12-13-14-15-16-17-18-19-20-21-25-28-34-41-50(55)61-48(45-60-62(56,57)59-43-42-51(3,4)5)44-58-49(54)40-35-29-33-39-47(53)38-32-27-24-22-23-26-31-37-46(52)36-30-9-7-2/h9,23-24,26-27,30-33,37-39,46-48,52-53H,6-8,10-22,25,28-29,34-36,40-45H2,1-5H3/p+1/b26-23-,27-24-,30-9-,37-31+,38-32+,39-33-/t46-,47-,48-/m1/s1. The Morgan fingerprint density at radius 2 is 1.16 bits per heavy atom. The molecule has 0 spiro atoms. The number of hydrogen-bond acceptors (Lipinski definition) is 9. The minimum Gasteiger partial charge on any atom is -0.462 e. The third kappa shape index (κ3) is 44.0. The van der Waals surface area contributed by atoms with Crippen LogP contribution in [0.15, 0.2) is 72.9 Å². The summed E-state index contributed by atoms with van der Waals surface area (Å²) in [6.07, 6.45) is 44.5. The van der Waals surface area contributed by atoms with Crippen LogP contribution >= 0.6 is 7.82 Å². The zero-order chi connectivity index (χ0) is 46.0. The number of aliphatic hydroxyl groups excluding tert-OH is 2. The number of likely N-dealkylation sites (N-methyl/N-ethyl adjacent to an activating group) is 1. The number of phosphoric ester groups is 1. The van der Waals surface area contributed by atoms with E-state index in [0.29, 0.717) is 43.1 Å². The number of carbonyl (C=O) groups is 2. The second kappa shape index (κ2) is 41.1. The Balaban J connectivity index is 4.54. The SMILES string of the molecule is CC/C=C\C[C@@H](O)/C=C/C=C\C/C=C\C=C\[C@@H](O)/C=C\CCCC(=O)OC[C@H](COP(=O)(O)OCC[N+](C)(C)C)OC(=O)CCCCCCCCCCCCCCCCCCC. The number of ether oxygens (including phenoxy) is 2. The molecule has 358 valence electrons. The molecule has 0 bridgehead atoms. The molecule has 0 radical (unpaired) electrons. The van der Waals surface area contributed by atoms with Crippen molar-refractivity contribution in [3.8, 4) is 0 Å². The fourth-order valence-electron chi connectivity index (χ4n) is 6.17. The first-order valence-electron chi connectivity index (χ1n) is 23.9. The van der Waals surface area contributed by atoms with E-state index in [0.717, 1.165) is 25.7 Å². The maximum absolute atomic E-state index is 12.7. The average molecular weight is 895 g/mol. The van der Waals surface area contributed by atoms with Crippen molar-refractivity contribution >= 4 is 19.8 Å². The smallest absolute Gasteiger partial charge is 0.462 e. The highest BCUT2D eigenvalue weighted by atomic mass is 31.2. The molecule has 0 saturated carbocycles. The van der Waals surface area contributed by atoms with Gasteiger partial charge in [0, 0.05) is 12.8 Å². The first kappa shape index (κ1) is 59.4. The van der Waals surface area contributed by atoms with Gasteiger partial charge in [0.1, 0.15) is 19.8 Å². The van der Waals surface area contributed by atoms with Gasteiger partial charge in [0.25, 0.3) is 0 Å². The molecule has 0 fully saturated rings. The summed E-state index contributed by atoms with van der Waals surface area (Å²) >= 11 is 0. The number of esters is 2. The Morgan fingerprint density at radius 3 is 1.73 bits per heavy atom. The lowest BCUT2D eigenvalue weighted by molar-refractivity contribution is -0.870. The van der Waals surface area contributed by atoms with Crippen molar-refractivity contribution in [3.63, 3.8) is 0 Å². The topological polar surface area (TPSA) is 149 Å². The number of nitrogens with zero attached hydrogens (tertiary/aromatic N) is 1. The Kier molecular flexibility index (Phi) is 39.4. The van der Waals surface area contributed by atoms with Crippen LogP contribution in [0, 0.1) is 0 Å². The first-order chi connectivity index (χ1) is 29.8. The average Bonchev–Trinajstić information content (AvgIpc) is 3.21. The molecule has 0 aromatic rings. The van der Waals surface area contributed by atoms with Gasteiger partial charge in [-0.2, -0.15) is 0 Å². The number of carbonyl (C=O) groups excluding carboxylic acids is 2. The second-order valence-electron chi connectivity index (χ2n) is 17.2. The van der Waals surface area contributed by atoms with E-state index >= 15 is 0 Å². The van der Waals surface area contributed by atoms with Gasteiger partial charge in [0.05, 0.1) is 40.0 Å². The summed E-state index contributed by atoms with van der Waals surface area (Å²) in [5.74, 6) is -0.982. The number of hydrogen-bond donors (Lipinski definition) is 3. The van der Waals surface area contributed by atoms with Crippen molar-refractivity contribution in [2.75, 3.05) is 47.5 Å². The molecular weight excluding hydrogens is 806 g/mol. The van der Waals surface area contributed by atoms with Crippen molar-refractivity contribution in [2.45, 2.75) is 186 Å². The molecule has 4 atom stereocenters. The second-order valence-corrected chi connectivity index (χ2v) is 18.6. The molecule has 0 aliphatic rings. The maximum Gasteiger partial charge on any atom is 0.472 e. The fourth-order valence-corrected chi connectivity index (χ4v) is 6.91. The summed E-state index contributed by atoms with van der Waals surface area (Å²) in [6.45, 7) is 4.01. The van der Waals surface area contributed by atoms with Gasteiger partial charge in [0.15, 0.2) is 6.10 Å². The van der Waals surface area contributed by atoms with E-state index in [-0.39, 0.29) is 26.1 Å². The van der Waals surface area contributed by atoms with Crippen LogP contribution in [0.25, 0.3) is 0 Å². The van der Waals surface area contributed by atoms with E-state index < -0.39 is 44.7 Å². The molecule has 0 aromatic carbocycles. The molecule has 0 heterocycles. The summed E-state index contributed by atoms with van der Waals surface area (Å²) in [6, 6.07) is 0.